The number of aromatic amines is 1. The van der Waals surface area contributed by atoms with Crippen LogP contribution in [-0.4, -0.2) is 9.97 Å². The van der Waals surface area contributed by atoms with E-state index in [0.717, 1.165) is 21.2 Å². The SMILES string of the molecule is CC(C#N)c1cc2ncc(Br)cc2[nH]1. The summed E-state index contributed by atoms with van der Waals surface area (Å²) in [4.78, 5) is 7.40. The molecule has 1 unspecified atom stereocenters. The summed E-state index contributed by atoms with van der Waals surface area (Å²) >= 11 is 3.35. The molecule has 1 N–H and O–H groups in total. The van der Waals surface area contributed by atoms with Crippen molar-refractivity contribution in [3.63, 3.8) is 0 Å². The fourth-order valence-electron chi connectivity index (χ4n) is 1.31. The molecule has 0 amide bonds. The van der Waals surface area contributed by atoms with Gasteiger partial charge in [-0.1, -0.05) is 0 Å². The molecule has 0 fully saturated rings. The number of nitriles is 1. The minimum atomic E-state index is -0.122. The van der Waals surface area contributed by atoms with Crippen LogP contribution in [0.4, 0.5) is 0 Å². The summed E-state index contributed by atoms with van der Waals surface area (Å²) in [7, 11) is 0. The second-order valence-electron chi connectivity index (χ2n) is 3.16. The molecule has 0 bridgehead atoms. The van der Waals surface area contributed by atoms with Gasteiger partial charge in [0.05, 0.1) is 23.0 Å². The van der Waals surface area contributed by atoms with Crippen LogP contribution >= 0.6 is 15.9 Å². The quantitative estimate of drug-likeness (QED) is 0.845. The van der Waals surface area contributed by atoms with Crippen LogP contribution in [0.2, 0.25) is 0 Å². The third kappa shape index (κ3) is 1.51. The fraction of sp³-hybridized carbons (Fsp3) is 0.200. The predicted octanol–water partition coefficient (Wildman–Crippen LogP) is 2.95. The average molecular weight is 250 g/mol. The summed E-state index contributed by atoms with van der Waals surface area (Å²) in [6.45, 7) is 1.86. The number of aromatic nitrogens is 2. The summed E-state index contributed by atoms with van der Waals surface area (Å²) < 4.78 is 0.933. The first-order valence-electron chi connectivity index (χ1n) is 4.24. The van der Waals surface area contributed by atoms with Gasteiger partial charge in [-0.25, -0.2) is 0 Å². The minimum Gasteiger partial charge on any atom is -0.356 e. The van der Waals surface area contributed by atoms with E-state index >= 15 is 0 Å². The molecule has 0 aromatic carbocycles. The van der Waals surface area contributed by atoms with E-state index in [4.69, 9.17) is 5.26 Å². The highest BCUT2D eigenvalue weighted by molar-refractivity contribution is 9.10. The molecule has 0 aliphatic heterocycles. The van der Waals surface area contributed by atoms with Crippen molar-refractivity contribution in [1.29, 1.82) is 5.26 Å². The van der Waals surface area contributed by atoms with Crippen LogP contribution in [0, 0.1) is 11.3 Å². The summed E-state index contributed by atoms with van der Waals surface area (Å²) in [5.74, 6) is -0.122. The Morgan fingerprint density at radius 1 is 1.57 bits per heavy atom. The van der Waals surface area contributed by atoms with E-state index in [1.165, 1.54) is 0 Å². The van der Waals surface area contributed by atoms with Crippen molar-refractivity contribution in [2.75, 3.05) is 0 Å². The standard InChI is InChI=1S/C10H8BrN3/c1-6(4-12)8-3-9-10(14-8)2-7(11)5-13-9/h2-3,5-6,14H,1H3. The lowest BCUT2D eigenvalue weighted by Gasteiger charge is -1.94. The Labute approximate surface area is 89.9 Å². The molecule has 14 heavy (non-hydrogen) atoms. The highest BCUT2D eigenvalue weighted by Gasteiger charge is 2.08. The number of rotatable bonds is 1. The average Bonchev–Trinajstić information content (AvgIpc) is 2.59. The fourth-order valence-corrected chi connectivity index (χ4v) is 1.64. The number of hydrogen-bond donors (Lipinski definition) is 1. The molecule has 2 aromatic heterocycles. The molecule has 0 radical (unpaired) electrons. The van der Waals surface area contributed by atoms with Gasteiger partial charge in [0, 0.05) is 16.4 Å². The van der Waals surface area contributed by atoms with Crippen molar-refractivity contribution in [1.82, 2.24) is 9.97 Å². The summed E-state index contributed by atoms with van der Waals surface area (Å²) in [6.07, 6.45) is 1.75. The lowest BCUT2D eigenvalue weighted by Crippen LogP contribution is -1.87. The minimum absolute atomic E-state index is 0.122. The molecule has 1 atom stereocenters. The Morgan fingerprint density at radius 2 is 2.36 bits per heavy atom. The van der Waals surface area contributed by atoms with Gasteiger partial charge >= 0.3 is 0 Å². The van der Waals surface area contributed by atoms with Crippen molar-refractivity contribution in [2.45, 2.75) is 12.8 Å². The van der Waals surface area contributed by atoms with E-state index in [9.17, 15) is 0 Å². The van der Waals surface area contributed by atoms with Crippen molar-refractivity contribution < 1.29 is 0 Å². The number of hydrogen-bond acceptors (Lipinski definition) is 2. The predicted molar refractivity (Wildman–Crippen MR) is 57.8 cm³/mol. The highest BCUT2D eigenvalue weighted by atomic mass is 79.9. The second-order valence-corrected chi connectivity index (χ2v) is 4.08. The summed E-state index contributed by atoms with van der Waals surface area (Å²) in [6, 6.07) is 6.05. The van der Waals surface area contributed by atoms with Gasteiger partial charge in [0.2, 0.25) is 0 Å². The highest BCUT2D eigenvalue weighted by Crippen LogP contribution is 2.21. The normalized spacial score (nSPS) is 12.6. The molecule has 0 spiro atoms. The molecule has 0 aliphatic rings. The largest absolute Gasteiger partial charge is 0.356 e. The number of nitrogens with one attached hydrogen (secondary N) is 1. The van der Waals surface area contributed by atoms with E-state index in [2.05, 4.69) is 32.0 Å². The monoisotopic (exact) mass is 249 g/mol. The lowest BCUT2D eigenvalue weighted by molar-refractivity contribution is 0.941. The number of fused-ring (bicyclic) bond motifs is 1. The molecule has 3 nitrogen and oxygen atoms in total. The van der Waals surface area contributed by atoms with Crippen LogP contribution in [0.15, 0.2) is 22.8 Å². The van der Waals surface area contributed by atoms with Crippen LogP contribution in [-0.2, 0) is 0 Å². The van der Waals surface area contributed by atoms with E-state index in [0.29, 0.717) is 0 Å². The summed E-state index contributed by atoms with van der Waals surface area (Å²) in [5, 5.41) is 8.77. The molecule has 2 rings (SSSR count). The first-order chi connectivity index (χ1) is 6.70. The Morgan fingerprint density at radius 3 is 3.07 bits per heavy atom. The lowest BCUT2D eigenvalue weighted by atomic mass is 10.1. The van der Waals surface area contributed by atoms with Crippen molar-refractivity contribution in [2.24, 2.45) is 0 Å². The Balaban J connectivity index is 2.58. The maximum absolute atomic E-state index is 8.77. The molecule has 4 heteroatoms. The second kappa shape index (κ2) is 3.43. The van der Waals surface area contributed by atoms with Gasteiger partial charge in [0.1, 0.15) is 0 Å². The van der Waals surface area contributed by atoms with E-state index < -0.39 is 0 Å². The number of halogens is 1. The topological polar surface area (TPSA) is 52.5 Å². The van der Waals surface area contributed by atoms with Crippen molar-refractivity contribution >= 4 is 27.0 Å². The zero-order valence-electron chi connectivity index (χ0n) is 7.58. The first-order valence-corrected chi connectivity index (χ1v) is 5.04. The van der Waals surface area contributed by atoms with Crippen LogP contribution < -0.4 is 0 Å². The molecule has 0 saturated heterocycles. The van der Waals surface area contributed by atoms with Crippen LogP contribution in [0.1, 0.15) is 18.5 Å². The van der Waals surface area contributed by atoms with Gasteiger partial charge < -0.3 is 4.98 Å². The van der Waals surface area contributed by atoms with Crippen LogP contribution in [0.25, 0.3) is 11.0 Å². The Hall–Kier alpha value is -1.34. The zero-order chi connectivity index (χ0) is 10.1. The first kappa shape index (κ1) is 9.22. The Kier molecular flexibility index (Phi) is 2.26. The summed E-state index contributed by atoms with van der Waals surface area (Å²) in [5.41, 5.74) is 2.76. The molecule has 0 saturated carbocycles. The van der Waals surface area contributed by atoms with Crippen LogP contribution in [0.3, 0.4) is 0 Å². The van der Waals surface area contributed by atoms with Gasteiger partial charge in [0.15, 0.2) is 0 Å². The van der Waals surface area contributed by atoms with Gasteiger partial charge in [-0.3, -0.25) is 4.98 Å². The molecular formula is C10H8BrN3. The maximum Gasteiger partial charge on any atom is 0.0883 e. The zero-order valence-corrected chi connectivity index (χ0v) is 9.17. The van der Waals surface area contributed by atoms with Gasteiger partial charge in [0.25, 0.3) is 0 Å². The van der Waals surface area contributed by atoms with E-state index in [1.807, 2.05) is 19.1 Å². The molecule has 70 valence electrons. The smallest absolute Gasteiger partial charge is 0.0883 e. The van der Waals surface area contributed by atoms with E-state index in [-0.39, 0.29) is 5.92 Å². The van der Waals surface area contributed by atoms with E-state index in [1.54, 1.807) is 6.20 Å². The van der Waals surface area contributed by atoms with Crippen molar-refractivity contribution in [3.05, 3.63) is 28.5 Å². The van der Waals surface area contributed by atoms with Gasteiger partial charge in [-0.15, -0.1) is 0 Å². The third-order valence-corrected chi connectivity index (χ3v) is 2.55. The Bertz CT molecular complexity index is 510. The molecule has 0 aliphatic carbocycles. The number of pyridine rings is 1. The molecule has 2 heterocycles. The number of H-pyrrole nitrogens is 1. The molecule has 2 aromatic rings. The molecular weight excluding hydrogens is 242 g/mol. The maximum atomic E-state index is 8.77. The van der Waals surface area contributed by atoms with Crippen LogP contribution in [0.5, 0.6) is 0 Å². The number of nitrogens with zero attached hydrogens (tertiary/aromatic N) is 2. The van der Waals surface area contributed by atoms with Gasteiger partial charge in [-0.2, -0.15) is 5.26 Å². The van der Waals surface area contributed by atoms with Gasteiger partial charge in [-0.05, 0) is 35.0 Å². The van der Waals surface area contributed by atoms with Crippen molar-refractivity contribution in [3.8, 4) is 6.07 Å². The third-order valence-electron chi connectivity index (χ3n) is 2.12.